The third-order valence-electron chi connectivity index (χ3n) is 4.95. The SMILES string of the molecule is Cc1ccc(-c2cc(C(F)(F)F)n3nc(C(=O)Nc4ccc5c(c4)OCCO5)nc3n2)cc1. The normalized spacial score (nSPS) is 13.2. The summed E-state index contributed by atoms with van der Waals surface area (Å²) in [5.41, 5.74) is 0.776. The summed E-state index contributed by atoms with van der Waals surface area (Å²) >= 11 is 0. The summed E-state index contributed by atoms with van der Waals surface area (Å²) in [6, 6.07) is 12.5. The molecule has 1 aliphatic rings. The molecule has 0 spiro atoms. The highest BCUT2D eigenvalue weighted by Gasteiger charge is 2.36. The maximum absolute atomic E-state index is 13.8. The Morgan fingerprint density at radius 2 is 1.73 bits per heavy atom. The minimum atomic E-state index is -4.74. The number of carbonyl (C=O) groups excluding carboxylic acids is 1. The molecule has 1 amide bonds. The van der Waals surface area contributed by atoms with Crippen LogP contribution in [0.15, 0.2) is 48.5 Å². The number of benzene rings is 2. The summed E-state index contributed by atoms with van der Waals surface area (Å²) in [7, 11) is 0. The van der Waals surface area contributed by atoms with Crippen LogP contribution >= 0.6 is 0 Å². The molecule has 1 N–H and O–H groups in total. The Morgan fingerprint density at radius 3 is 2.45 bits per heavy atom. The van der Waals surface area contributed by atoms with Gasteiger partial charge in [-0.1, -0.05) is 29.8 Å². The van der Waals surface area contributed by atoms with Gasteiger partial charge in [0.15, 0.2) is 17.2 Å². The summed E-state index contributed by atoms with van der Waals surface area (Å²) in [6.07, 6.45) is -4.74. The van der Waals surface area contributed by atoms with E-state index in [4.69, 9.17) is 9.47 Å². The number of rotatable bonds is 3. The Bertz CT molecular complexity index is 1370. The summed E-state index contributed by atoms with van der Waals surface area (Å²) in [5, 5.41) is 6.32. The van der Waals surface area contributed by atoms with Crippen LogP contribution in [0.2, 0.25) is 0 Å². The van der Waals surface area contributed by atoms with Crippen LogP contribution < -0.4 is 14.8 Å². The zero-order chi connectivity index (χ0) is 23.2. The predicted molar refractivity (Wildman–Crippen MR) is 111 cm³/mol. The van der Waals surface area contributed by atoms with Crippen molar-refractivity contribution in [3.05, 3.63) is 65.6 Å². The average molecular weight is 455 g/mol. The molecule has 2 aromatic carbocycles. The molecule has 11 heteroatoms. The van der Waals surface area contributed by atoms with E-state index in [1.54, 1.807) is 42.5 Å². The van der Waals surface area contributed by atoms with Crippen LogP contribution in [-0.2, 0) is 6.18 Å². The molecule has 0 fully saturated rings. The number of carbonyl (C=O) groups is 1. The van der Waals surface area contributed by atoms with Gasteiger partial charge < -0.3 is 14.8 Å². The van der Waals surface area contributed by atoms with Gasteiger partial charge in [0, 0.05) is 17.3 Å². The largest absolute Gasteiger partial charge is 0.486 e. The number of anilines is 1. The van der Waals surface area contributed by atoms with Crippen molar-refractivity contribution in [2.45, 2.75) is 13.1 Å². The average Bonchev–Trinajstić information content (AvgIpc) is 3.22. The Labute approximate surface area is 185 Å². The first kappa shape index (κ1) is 20.7. The lowest BCUT2D eigenvalue weighted by atomic mass is 10.1. The highest BCUT2D eigenvalue weighted by Crippen LogP contribution is 2.33. The van der Waals surface area contributed by atoms with Crippen molar-refractivity contribution >= 4 is 17.4 Å². The number of hydrogen-bond donors (Lipinski definition) is 1. The fraction of sp³-hybridized carbons (Fsp3) is 0.182. The lowest BCUT2D eigenvalue weighted by molar-refractivity contribution is -0.142. The van der Waals surface area contributed by atoms with Gasteiger partial charge in [0.25, 0.3) is 11.7 Å². The minimum absolute atomic E-state index is 0.0704. The van der Waals surface area contributed by atoms with Crippen LogP contribution in [0.4, 0.5) is 18.9 Å². The second-order valence-electron chi connectivity index (χ2n) is 7.35. The molecule has 5 rings (SSSR count). The number of aryl methyl sites for hydroxylation is 1. The van der Waals surface area contributed by atoms with E-state index in [0.717, 1.165) is 11.6 Å². The van der Waals surface area contributed by atoms with Gasteiger partial charge in [-0.15, -0.1) is 5.10 Å². The summed E-state index contributed by atoms with van der Waals surface area (Å²) in [4.78, 5) is 20.8. The molecule has 0 saturated heterocycles. The van der Waals surface area contributed by atoms with Gasteiger partial charge in [-0.05, 0) is 25.1 Å². The van der Waals surface area contributed by atoms with E-state index in [9.17, 15) is 18.0 Å². The zero-order valence-corrected chi connectivity index (χ0v) is 17.2. The van der Waals surface area contributed by atoms with Crippen molar-refractivity contribution in [2.24, 2.45) is 0 Å². The number of amides is 1. The minimum Gasteiger partial charge on any atom is -0.486 e. The number of aromatic nitrogens is 4. The molecule has 3 heterocycles. The fourth-order valence-electron chi connectivity index (χ4n) is 3.35. The van der Waals surface area contributed by atoms with Gasteiger partial charge in [-0.2, -0.15) is 22.7 Å². The lowest BCUT2D eigenvalue weighted by Gasteiger charge is -2.18. The monoisotopic (exact) mass is 455 g/mol. The molecule has 0 radical (unpaired) electrons. The number of ether oxygens (including phenoxy) is 2. The van der Waals surface area contributed by atoms with Crippen LogP contribution in [0.25, 0.3) is 17.0 Å². The Hall–Kier alpha value is -4.15. The second kappa shape index (κ2) is 7.76. The van der Waals surface area contributed by atoms with Gasteiger partial charge in [0.05, 0.1) is 5.69 Å². The second-order valence-corrected chi connectivity index (χ2v) is 7.35. The standard InChI is InChI=1S/C22H16F3N5O3/c1-12-2-4-13(5-3-12)15-11-18(22(23,24)25)30-21(27-15)28-19(29-30)20(31)26-14-6-7-16-17(10-14)33-9-8-32-16/h2-7,10-11H,8-9H2,1H3,(H,26,31). The van der Waals surface area contributed by atoms with Crippen molar-refractivity contribution in [2.75, 3.05) is 18.5 Å². The van der Waals surface area contributed by atoms with E-state index in [0.29, 0.717) is 40.5 Å². The Morgan fingerprint density at radius 1 is 1.00 bits per heavy atom. The number of nitrogens with zero attached hydrogens (tertiary/aromatic N) is 4. The predicted octanol–water partition coefficient (Wildman–Crippen LogP) is 4.14. The van der Waals surface area contributed by atoms with Crippen molar-refractivity contribution in [3.8, 4) is 22.8 Å². The molecule has 8 nitrogen and oxygen atoms in total. The highest BCUT2D eigenvalue weighted by molar-refractivity contribution is 6.02. The molecular weight excluding hydrogens is 439 g/mol. The van der Waals surface area contributed by atoms with Crippen molar-refractivity contribution < 1.29 is 27.4 Å². The van der Waals surface area contributed by atoms with E-state index in [1.807, 2.05) is 6.92 Å². The molecule has 168 valence electrons. The maximum Gasteiger partial charge on any atom is 0.433 e. The molecule has 0 unspecified atom stereocenters. The quantitative estimate of drug-likeness (QED) is 0.499. The van der Waals surface area contributed by atoms with Crippen molar-refractivity contribution in [1.82, 2.24) is 19.6 Å². The van der Waals surface area contributed by atoms with E-state index >= 15 is 0 Å². The highest BCUT2D eigenvalue weighted by atomic mass is 19.4. The number of halogens is 3. The third kappa shape index (κ3) is 4.04. The zero-order valence-electron chi connectivity index (χ0n) is 17.2. The smallest absolute Gasteiger partial charge is 0.433 e. The Kier molecular flexibility index (Phi) is 4.88. The first-order valence-electron chi connectivity index (χ1n) is 9.91. The first-order valence-corrected chi connectivity index (χ1v) is 9.91. The van der Waals surface area contributed by atoms with Gasteiger partial charge in [-0.3, -0.25) is 4.79 Å². The van der Waals surface area contributed by atoms with E-state index in [1.165, 1.54) is 0 Å². The number of alkyl halides is 3. The van der Waals surface area contributed by atoms with Crippen LogP contribution in [0, 0.1) is 6.92 Å². The number of fused-ring (bicyclic) bond motifs is 2. The maximum atomic E-state index is 13.8. The molecule has 0 bridgehead atoms. The molecular formula is C22H16F3N5O3. The van der Waals surface area contributed by atoms with Crippen LogP contribution in [0.1, 0.15) is 21.9 Å². The van der Waals surface area contributed by atoms with E-state index in [-0.39, 0.29) is 11.5 Å². The molecule has 33 heavy (non-hydrogen) atoms. The van der Waals surface area contributed by atoms with Crippen molar-refractivity contribution in [1.29, 1.82) is 0 Å². The van der Waals surface area contributed by atoms with Crippen molar-refractivity contribution in [3.63, 3.8) is 0 Å². The summed E-state index contributed by atoms with van der Waals surface area (Å²) < 4.78 is 52.7. The van der Waals surface area contributed by atoms with Gasteiger partial charge in [0.2, 0.25) is 5.82 Å². The summed E-state index contributed by atoms with van der Waals surface area (Å²) in [5.74, 6) is -0.600. The van der Waals surface area contributed by atoms with Crippen LogP contribution in [0.5, 0.6) is 11.5 Å². The topological polar surface area (TPSA) is 90.6 Å². The van der Waals surface area contributed by atoms with Gasteiger partial charge in [0.1, 0.15) is 13.2 Å². The molecule has 0 atom stereocenters. The van der Waals surface area contributed by atoms with Gasteiger partial charge in [-0.25, -0.2) is 4.98 Å². The number of nitrogens with one attached hydrogen (secondary N) is 1. The molecule has 0 aliphatic carbocycles. The summed E-state index contributed by atoms with van der Waals surface area (Å²) in [6.45, 7) is 2.66. The van der Waals surface area contributed by atoms with Crippen LogP contribution in [-0.4, -0.2) is 38.7 Å². The lowest BCUT2D eigenvalue weighted by Crippen LogP contribution is -2.17. The molecule has 2 aromatic heterocycles. The fourth-order valence-corrected chi connectivity index (χ4v) is 3.35. The first-order chi connectivity index (χ1) is 15.8. The third-order valence-corrected chi connectivity index (χ3v) is 4.95. The van der Waals surface area contributed by atoms with E-state index in [2.05, 4.69) is 20.4 Å². The van der Waals surface area contributed by atoms with E-state index < -0.39 is 23.6 Å². The molecule has 0 saturated carbocycles. The number of hydrogen-bond acceptors (Lipinski definition) is 6. The molecule has 1 aliphatic heterocycles. The Balaban J connectivity index is 1.51. The molecule has 4 aromatic rings. The van der Waals surface area contributed by atoms with Gasteiger partial charge >= 0.3 is 6.18 Å². The van der Waals surface area contributed by atoms with Crippen LogP contribution in [0.3, 0.4) is 0 Å².